The predicted molar refractivity (Wildman–Crippen MR) is 99.8 cm³/mol. The molecule has 0 aromatic heterocycles. The van der Waals surface area contributed by atoms with Gasteiger partial charge in [0.1, 0.15) is 11.6 Å². The Morgan fingerprint density at radius 1 is 0.667 bits per heavy atom. The second-order valence-corrected chi connectivity index (χ2v) is 6.91. The van der Waals surface area contributed by atoms with Crippen molar-refractivity contribution < 1.29 is 8.78 Å². The molecule has 0 saturated carbocycles. The fraction of sp³-hybridized carbons (Fsp3) is 0.125. The van der Waals surface area contributed by atoms with Gasteiger partial charge in [0.15, 0.2) is 10.3 Å². The van der Waals surface area contributed by atoms with Gasteiger partial charge < -0.3 is 10.6 Å². The molecule has 3 rings (SSSR count). The summed E-state index contributed by atoms with van der Waals surface area (Å²) in [6, 6.07) is 12.2. The van der Waals surface area contributed by atoms with Crippen LogP contribution in [0.3, 0.4) is 0 Å². The van der Waals surface area contributed by atoms with E-state index in [1.807, 2.05) is 0 Å². The quantitative estimate of drug-likeness (QED) is 0.765. The van der Waals surface area contributed by atoms with Crippen molar-refractivity contribution in [3.05, 3.63) is 60.2 Å². The van der Waals surface area contributed by atoms with Gasteiger partial charge >= 0.3 is 0 Å². The summed E-state index contributed by atoms with van der Waals surface area (Å²) in [7, 11) is 2.84. The molecular formula is C16H14F2N4S2. The van der Waals surface area contributed by atoms with Crippen LogP contribution in [0.5, 0.6) is 0 Å². The maximum Gasteiger partial charge on any atom is 0.172 e. The summed E-state index contributed by atoms with van der Waals surface area (Å²) in [5, 5.41) is 7.77. The molecule has 0 fully saturated rings. The van der Waals surface area contributed by atoms with Crippen molar-refractivity contribution in [2.45, 2.75) is 0 Å². The Labute approximate surface area is 146 Å². The Balaban J connectivity index is 1.60. The highest BCUT2D eigenvalue weighted by Gasteiger charge is 2.10. The van der Waals surface area contributed by atoms with E-state index in [-0.39, 0.29) is 11.6 Å². The summed E-state index contributed by atoms with van der Waals surface area (Å²) in [5.74, 6) is -0.555. The van der Waals surface area contributed by atoms with Gasteiger partial charge in [-0.3, -0.25) is 9.98 Å². The molecule has 0 saturated heterocycles. The van der Waals surface area contributed by atoms with Crippen LogP contribution in [-0.4, -0.2) is 23.4 Å². The number of rotatable bonds is 2. The molecule has 1 heterocycles. The lowest BCUT2D eigenvalue weighted by molar-refractivity contribution is 0.627. The number of benzene rings is 2. The molecule has 2 aromatic carbocycles. The van der Waals surface area contributed by atoms with Gasteiger partial charge in [0.25, 0.3) is 0 Å². The molecule has 0 amide bonds. The number of nitrogens with zero attached hydrogens (tertiary/aromatic N) is 2. The second kappa shape index (κ2) is 8.16. The largest absolute Gasteiger partial charge is 0.334 e. The molecule has 1 aliphatic heterocycles. The SMILES string of the molecule is Fc1ccc(NC2=NCCN=C(Nc3ccc(F)cc3)SS2)cc1. The van der Waals surface area contributed by atoms with Crippen molar-refractivity contribution in [1.29, 1.82) is 0 Å². The fourth-order valence-corrected chi connectivity index (χ4v) is 3.67. The molecule has 124 valence electrons. The number of hydrogen-bond donors (Lipinski definition) is 2. The Morgan fingerprint density at radius 2 is 1.04 bits per heavy atom. The van der Waals surface area contributed by atoms with Crippen molar-refractivity contribution in [3.63, 3.8) is 0 Å². The average molecular weight is 364 g/mol. The van der Waals surface area contributed by atoms with Crippen LogP contribution in [-0.2, 0) is 0 Å². The van der Waals surface area contributed by atoms with Crippen LogP contribution in [0.25, 0.3) is 0 Å². The highest BCUT2D eigenvalue weighted by molar-refractivity contribution is 8.87. The zero-order valence-electron chi connectivity index (χ0n) is 12.5. The standard InChI is InChI=1S/C16H14F2N4S2/c17-11-1-5-13(6-2-11)21-15-19-9-10-20-16(24-23-15)22-14-7-3-12(18)4-8-14/h1-8H,9-10H2,(H,19,21)(H,20,22). The van der Waals surface area contributed by atoms with Crippen LogP contribution in [0.15, 0.2) is 58.5 Å². The van der Waals surface area contributed by atoms with E-state index < -0.39 is 0 Å². The first-order valence-electron chi connectivity index (χ1n) is 7.18. The van der Waals surface area contributed by atoms with E-state index in [2.05, 4.69) is 20.6 Å². The molecule has 8 heteroatoms. The minimum absolute atomic E-state index is 0.278. The third kappa shape index (κ3) is 4.97. The van der Waals surface area contributed by atoms with Gasteiger partial charge in [-0.15, -0.1) is 0 Å². The number of nitrogens with one attached hydrogen (secondary N) is 2. The summed E-state index contributed by atoms with van der Waals surface area (Å²) >= 11 is 0. The second-order valence-electron chi connectivity index (χ2n) is 4.80. The van der Waals surface area contributed by atoms with Crippen LogP contribution in [0, 0.1) is 11.6 Å². The predicted octanol–water partition coefficient (Wildman–Crippen LogP) is 4.60. The maximum atomic E-state index is 13.0. The van der Waals surface area contributed by atoms with Gasteiger partial charge in [-0.2, -0.15) is 0 Å². The van der Waals surface area contributed by atoms with Gasteiger partial charge in [0.2, 0.25) is 0 Å². The molecule has 0 spiro atoms. The zero-order valence-corrected chi connectivity index (χ0v) is 14.1. The molecular weight excluding hydrogens is 350 g/mol. The van der Waals surface area contributed by atoms with Crippen LogP contribution >= 0.6 is 21.6 Å². The molecule has 1 aliphatic rings. The summed E-state index contributed by atoms with van der Waals surface area (Å²) in [4.78, 5) is 8.85. The number of anilines is 2. The van der Waals surface area contributed by atoms with Gasteiger partial charge in [-0.25, -0.2) is 8.78 Å². The highest BCUT2D eigenvalue weighted by atomic mass is 33.1. The van der Waals surface area contributed by atoms with E-state index >= 15 is 0 Å². The van der Waals surface area contributed by atoms with Crippen molar-refractivity contribution >= 4 is 43.3 Å². The summed E-state index contributed by atoms with van der Waals surface area (Å²) in [5.41, 5.74) is 1.54. The van der Waals surface area contributed by atoms with Crippen molar-refractivity contribution in [1.82, 2.24) is 0 Å². The Bertz CT molecular complexity index is 680. The van der Waals surface area contributed by atoms with E-state index in [9.17, 15) is 8.78 Å². The summed E-state index contributed by atoms with van der Waals surface area (Å²) in [6.07, 6.45) is 0. The third-order valence-corrected chi connectivity index (χ3v) is 5.06. The lowest BCUT2D eigenvalue weighted by atomic mass is 10.3. The molecule has 2 aromatic rings. The highest BCUT2D eigenvalue weighted by Crippen LogP contribution is 2.28. The molecule has 0 atom stereocenters. The molecule has 2 N–H and O–H groups in total. The third-order valence-electron chi connectivity index (χ3n) is 3.00. The molecule has 24 heavy (non-hydrogen) atoms. The van der Waals surface area contributed by atoms with E-state index in [1.165, 1.54) is 45.9 Å². The Kier molecular flexibility index (Phi) is 5.71. The lowest BCUT2D eigenvalue weighted by Gasteiger charge is -2.14. The fourth-order valence-electron chi connectivity index (χ4n) is 1.87. The van der Waals surface area contributed by atoms with Gasteiger partial charge in [-0.05, 0) is 70.1 Å². The van der Waals surface area contributed by atoms with Crippen molar-refractivity contribution in [2.75, 3.05) is 23.7 Å². The molecule has 4 nitrogen and oxygen atoms in total. The summed E-state index contributed by atoms with van der Waals surface area (Å²) < 4.78 is 25.9. The number of hydrogen-bond acceptors (Lipinski definition) is 6. The molecule has 0 bridgehead atoms. The smallest absolute Gasteiger partial charge is 0.172 e. The molecule has 0 radical (unpaired) electrons. The minimum Gasteiger partial charge on any atom is -0.334 e. The van der Waals surface area contributed by atoms with Crippen molar-refractivity contribution in [3.8, 4) is 0 Å². The number of halogens is 2. The molecule has 0 unspecified atom stereocenters. The van der Waals surface area contributed by atoms with E-state index in [1.54, 1.807) is 24.3 Å². The van der Waals surface area contributed by atoms with Crippen LogP contribution < -0.4 is 10.6 Å². The minimum atomic E-state index is -0.278. The normalized spacial score (nSPS) is 14.9. The van der Waals surface area contributed by atoms with E-state index in [4.69, 9.17) is 0 Å². The first-order chi connectivity index (χ1) is 11.7. The van der Waals surface area contributed by atoms with Gasteiger partial charge in [0, 0.05) is 11.4 Å². The topological polar surface area (TPSA) is 48.8 Å². The Hall–Kier alpha value is -2.06. The van der Waals surface area contributed by atoms with Crippen molar-refractivity contribution in [2.24, 2.45) is 9.98 Å². The van der Waals surface area contributed by atoms with Gasteiger partial charge in [-0.1, -0.05) is 0 Å². The maximum absolute atomic E-state index is 13.0. The number of amidine groups is 2. The first kappa shape index (κ1) is 16.8. The monoisotopic (exact) mass is 364 g/mol. The Morgan fingerprint density at radius 3 is 1.42 bits per heavy atom. The average Bonchev–Trinajstić information content (AvgIpc) is 2.57. The van der Waals surface area contributed by atoms with Crippen LogP contribution in [0.2, 0.25) is 0 Å². The lowest BCUT2D eigenvalue weighted by Crippen LogP contribution is -2.14. The number of aliphatic imine (C=N–C) groups is 2. The molecule has 0 aliphatic carbocycles. The summed E-state index contributed by atoms with van der Waals surface area (Å²) in [6.45, 7) is 1.09. The van der Waals surface area contributed by atoms with Crippen LogP contribution in [0.1, 0.15) is 0 Å². The first-order valence-corrected chi connectivity index (χ1v) is 9.33. The van der Waals surface area contributed by atoms with E-state index in [0.717, 1.165) is 21.7 Å². The van der Waals surface area contributed by atoms with Gasteiger partial charge in [0.05, 0.1) is 13.1 Å². The van der Waals surface area contributed by atoms with E-state index in [0.29, 0.717) is 13.1 Å². The van der Waals surface area contributed by atoms with Crippen LogP contribution in [0.4, 0.5) is 20.2 Å². The zero-order chi connectivity index (χ0) is 16.8.